The van der Waals surface area contributed by atoms with E-state index in [1.807, 2.05) is 39.0 Å². The van der Waals surface area contributed by atoms with Gasteiger partial charge in [0.2, 0.25) is 5.91 Å². The van der Waals surface area contributed by atoms with Crippen LogP contribution >= 0.6 is 23.2 Å². The van der Waals surface area contributed by atoms with Crippen molar-refractivity contribution in [1.29, 1.82) is 0 Å². The summed E-state index contributed by atoms with van der Waals surface area (Å²) >= 11 is 12.4. The van der Waals surface area contributed by atoms with Gasteiger partial charge in [-0.15, -0.1) is 0 Å². The molecule has 3 rings (SSSR count). The van der Waals surface area contributed by atoms with Gasteiger partial charge in [0.05, 0.1) is 17.1 Å². The van der Waals surface area contributed by atoms with Gasteiger partial charge in [-0.05, 0) is 53.1 Å². The molecule has 1 saturated heterocycles. The number of carboxylic acids is 1. The lowest BCUT2D eigenvalue weighted by Gasteiger charge is -2.50. The number of rotatable bonds is 9. The average molecular weight is 569 g/mol. The highest BCUT2D eigenvalue weighted by molar-refractivity contribution is 7.91. The number of aliphatic carboxylic acids is 1. The van der Waals surface area contributed by atoms with Gasteiger partial charge < -0.3 is 10.4 Å². The monoisotopic (exact) mass is 567 g/mol. The van der Waals surface area contributed by atoms with Crippen molar-refractivity contribution >= 4 is 44.9 Å². The zero-order valence-electron chi connectivity index (χ0n) is 21.8. The van der Waals surface area contributed by atoms with Crippen molar-refractivity contribution in [2.45, 2.75) is 64.7 Å². The molecule has 202 valence electrons. The van der Waals surface area contributed by atoms with Crippen molar-refractivity contribution < 1.29 is 23.1 Å². The number of sulfone groups is 1. The molecule has 0 radical (unpaired) electrons. The predicted octanol–water partition coefficient (Wildman–Crippen LogP) is 6.28. The third-order valence-corrected chi connectivity index (χ3v) is 11.0. The second-order valence-electron chi connectivity index (χ2n) is 11.0. The van der Waals surface area contributed by atoms with Crippen LogP contribution in [0, 0.1) is 16.7 Å². The van der Waals surface area contributed by atoms with Gasteiger partial charge in [-0.25, -0.2) is 8.42 Å². The van der Waals surface area contributed by atoms with Crippen molar-refractivity contribution in [3.63, 3.8) is 0 Å². The Kier molecular flexibility index (Phi) is 8.72. The predicted molar refractivity (Wildman–Crippen MR) is 148 cm³/mol. The van der Waals surface area contributed by atoms with E-state index in [-0.39, 0.29) is 29.9 Å². The van der Waals surface area contributed by atoms with Gasteiger partial charge in [0, 0.05) is 27.8 Å². The minimum absolute atomic E-state index is 0.0398. The summed E-state index contributed by atoms with van der Waals surface area (Å²) in [4.78, 5) is 25.0. The first kappa shape index (κ1) is 29.5. The average Bonchev–Trinajstić information content (AvgIpc) is 2.81. The second kappa shape index (κ2) is 11.0. The Labute approximate surface area is 229 Å². The van der Waals surface area contributed by atoms with Crippen LogP contribution in [0.15, 0.2) is 48.5 Å². The number of benzene rings is 2. The van der Waals surface area contributed by atoms with Crippen LogP contribution < -0.4 is 5.32 Å². The molecule has 5 atom stereocenters. The van der Waals surface area contributed by atoms with Crippen molar-refractivity contribution in [3.05, 3.63) is 69.7 Å². The summed E-state index contributed by atoms with van der Waals surface area (Å²) in [6.45, 7) is 9.08. The molecule has 1 fully saturated rings. The van der Waals surface area contributed by atoms with E-state index >= 15 is 0 Å². The number of amides is 1. The van der Waals surface area contributed by atoms with E-state index in [0.29, 0.717) is 22.0 Å². The molecule has 0 bridgehead atoms. The Morgan fingerprint density at radius 1 is 1.16 bits per heavy atom. The standard InChI is InChI=1S/C28H35Cl2NO5S/c1-6-37(35,36)25(18-10-12-20(29)13-11-18)27(3,4)17(2)24-22(19-8-7-9-21(30)14-19)15-28(5,16-23(32)33)26(34)31-24/h7-14,17,22,24-25H,6,15-16H2,1-5H3,(H,31,34)(H,32,33)/t17?,22-,24+,25-,28+/m1/s1. The molecule has 0 aliphatic carbocycles. The summed E-state index contributed by atoms with van der Waals surface area (Å²) in [6.07, 6.45) is -0.0132. The smallest absolute Gasteiger partial charge is 0.304 e. The fourth-order valence-electron chi connectivity index (χ4n) is 5.76. The number of hydrogen-bond donors (Lipinski definition) is 2. The van der Waals surface area contributed by atoms with Gasteiger partial charge >= 0.3 is 5.97 Å². The summed E-state index contributed by atoms with van der Waals surface area (Å²) in [5, 5.41) is 12.8. The van der Waals surface area contributed by atoms with Gasteiger partial charge in [0.15, 0.2) is 9.84 Å². The number of halogens is 2. The zero-order valence-corrected chi connectivity index (χ0v) is 24.1. The van der Waals surface area contributed by atoms with Crippen molar-refractivity contribution in [2.24, 2.45) is 16.7 Å². The number of carbonyl (C=O) groups excluding carboxylic acids is 1. The van der Waals surface area contributed by atoms with Crippen LogP contribution in [0.3, 0.4) is 0 Å². The summed E-state index contributed by atoms with van der Waals surface area (Å²) < 4.78 is 27.0. The van der Waals surface area contributed by atoms with Gasteiger partial charge in [-0.3, -0.25) is 9.59 Å². The molecule has 1 amide bonds. The quantitative estimate of drug-likeness (QED) is 0.371. The number of carboxylic acid groups (broad SMARTS) is 1. The van der Waals surface area contributed by atoms with Crippen LogP contribution in [0.4, 0.5) is 0 Å². The molecule has 37 heavy (non-hydrogen) atoms. The van der Waals surface area contributed by atoms with E-state index in [9.17, 15) is 23.1 Å². The third-order valence-electron chi connectivity index (χ3n) is 8.09. The molecular formula is C28H35Cl2NO5S. The third kappa shape index (κ3) is 6.15. The van der Waals surface area contributed by atoms with Crippen molar-refractivity contribution in [3.8, 4) is 0 Å². The number of piperidine rings is 1. The first-order valence-corrected chi connectivity index (χ1v) is 14.8. The molecule has 2 aromatic carbocycles. The number of hydrogen-bond acceptors (Lipinski definition) is 4. The lowest BCUT2D eigenvalue weighted by atomic mass is 9.62. The lowest BCUT2D eigenvalue weighted by Crippen LogP contribution is -2.58. The Hall–Kier alpha value is -2.09. The maximum absolute atomic E-state index is 13.5. The highest BCUT2D eigenvalue weighted by Gasteiger charge is 2.52. The molecule has 6 nitrogen and oxygen atoms in total. The van der Waals surface area contributed by atoms with Gasteiger partial charge in [-0.1, -0.05) is 82.1 Å². The maximum Gasteiger partial charge on any atom is 0.304 e. The minimum atomic E-state index is -3.56. The Balaban J connectivity index is 2.12. The summed E-state index contributed by atoms with van der Waals surface area (Å²) in [5.74, 6) is -2.03. The molecule has 0 saturated carbocycles. The van der Waals surface area contributed by atoms with Crippen LogP contribution in [0.25, 0.3) is 0 Å². The summed E-state index contributed by atoms with van der Waals surface area (Å²) in [7, 11) is -3.56. The Morgan fingerprint density at radius 3 is 2.32 bits per heavy atom. The van der Waals surface area contributed by atoms with Crippen molar-refractivity contribution in [2.75, 3.05) is 5.75 Å². The Bertz CT molecular complexity index is 1260. The first-order valence-electron chi connectivity index (χ1n) is 12.4. The van der Waals surface area contributed by atoms with E-state index in [4.69, 9.17) is 23.2 Å². The van der Waals surface area contributed by atoms with E-state index in [0.717, 1.165) is 5.56 Å². The summed E-state index contributed by atoms with van der Waals surface area (Å²) in [5.41, 5.74) is -0.430. The number of carbonyl (C=O) groups is 2. The van der Waals surface area contributed by atoms with Crippen LogP contribution in [0.5, 0.6) is 0 Å². The second-order valence-corrected chi connectivity index (χ2v) is 14.2. The molecule has 9 heteroatoms. The SMILES string of the molecule is CCS(=O)(=O)[C@H](c1ccc(Cl)cc1)C(C)(C)C(C)[C@@H]1NC(=O)[C@](C)(CC(=O)O)C[C@@H]1c1cccc(Cl)c1. The first-order chi connectivity index (χ1) is 17.1. The van der Waals surface area contributed by atoms with Gasteiger partial charge in [0.1, 0.15) is 0 Å². The van der Waals surface area contributed by atoms with Crippen LogP contribution in [0.2, 0.25) is 10.0 Å². The largest absolute Gasteiger partial charge is 0.481 e. The topological polar surface area (TPSA) is 101 Å². The maximum atomic E-state index is 13.5. The molecular weight excluding hydrogens is 533 g/mol. The minimum Gasteiger partial charge on any atom is -0.481 e. The molecule has 2 N–H and O–H groups in total. The fraction of sp³-hybridized carbons (Fsp3) is 0.500. The highest BCUT2D eigenvalue weighted by atomic mass is 35.5. The van der Waals surface area contributed by atoms with Crippen LogP contribution in [-0.2, 0) is 19.4 Å². The van der Waals surface area contributed by atoms with E-state index in [1.165, 1.54) is 0 Å². The summed E-state index contributed by atoms with van der Waals surface area (Å²) in [6, 6.07) is 13.7. The molecule has 2 aromatic rings. The highest BCUT2D eigenvalue weighted by Crippen LogP contribution is 2.51. The van der Waals surface area contributed by atoms with Gasteiger partial charge in [-0.2, -0.15) is 0 Å². The molecule has 0 spiro atoms. The van der Waals surface area contributed by atoms with Crippen molar-refractivity contribution in [1.82, 2.24) is 5.32 Å². The molecule has 1 unspecified atom stereocenters. The van der Waals surface area contributed by atoms with E-state index in [2.05, 4.69) is 5.32 Å². The molecule has 1 aliphatic heterocycles. The van der Waals surface area contributed by atoms with E-state index in [1.54, 1.807) is 44.2 Å². The van der Waals surface area contributed by atoms with Gasteiger partial charge in [0.25, 0.3) is 0 Å². The van der Waals surface area contributed by atoms with Crippen LogP contribution in [-0.4, -0.2) is 37.2 Å². The lowest BCUT2D eigenvalue weighted by molar-refractivity contribution is -0.148. The molecule has 0 aromatic heterocycles. The zero-order chi connectivity index (χ0) is 27.8. The normalized spacial score (nSPS) is 24.2. The van der Waals surface area contributed by atoms with E-state index < -0.39 is 37.9 Å². The van der Waals surface area contributed by atoms with Crippen LogP contribution in [0.1, 0.15) is 69.8 Å². The molecule has 1 heterocycles. The number of nitrogens with one attached hydrogen (secondary N) is 1. The molecule has 1 aliphatic rings. The fourth-order valence-corrected chi connectivity index (χ4v) is 8.13. The Morgan fingerprint density at radius 2 is 1.78 bits per heavy atom.